The van der Waals surface area contributed by atoms with Gasteiger partial charge in [-0.2, -0.15) is 11.8 Å². The predicted molar refractivity (Wildman–Crippen MR) is 89.6 cm³/mol. The number of hydrogen-bond donors (Lipinski definition) is 0. The Balaban J connectivity index is 1.66. The maximum atomic E-state index is 2.94. The number of hydrogen-bond acceptors (Lipinski definition) is 3. The molecule has 2 heterocycles. The summed E-state index contributed by atoms with van der Waals surface area (Å²) in [6.45, 7) is 6.48. The van der Waals surface area contributed by atoms with Gasteiger partial charge in [-0.05, 0) is 51.3 Å². The molecule has 2 aliphatic heterocycles. The van der Waals surface area contributed by atoms with Crippen molar-refractivity contribution in [1.29, 1.82) is 0 Å². The SMILES string of the molecule is CCC1CN2CCCCC2CN1C1CCCC(SC)C1. The van der Waals surface area contributed by atoms with E-state index in [0.717, 1.165) is 23.4 Å². The lowest BCUT2D eigenvalue weighted by molar-refractivity contribution is -0.0227. The van der Waals surface area contributed by atoms with Crippen LogP contribution in [0.5, 0.6) is 0 Å². The molecule has 3 rings (SSSR count). The van der Waals surface area contributed by atoms with Crippen LogP contribution in [0.4, 0.5) is 0 Å². The topological polar surface area (TPSA) is 6.48 Å². The quantitative estimate of drug-likeness (QED) is 0.785. The van der Waals surface area contributed by atoms with Crippen LogP contribution in [0.2, 0.25) is 0 Å². The minimum atomic E-state index is 0.829. The highest BCUT2D eigenvalue weighted by Crippen LogP contribution is 2.34. The fourth-order valence-corrected chi connectivity index (χ4v) is 5.54. The first-order valence-corrected chi connectivity index (χ1v) is 10.1. The molecule has 3 heteroatoms. The summed E-state index contributed by atoms with van der Waals surface area (Å²) < 4.78 is 0. The van der Waals surface area contributed by atoms with E-state index in [1.54, 1.807) is 0 Å². The van der Waals surface area contributed by atoms with Crippen molar-refractivity contribution < 1.29 is 0 Å². The Hall–Kier alpha value is 0.270. The van der Waals surface area contributed by atoms with Gasteiger partial charge in [-0.15, -0.1) is 0 Å². The first-order valence-electron chi connectivity index (χ1n) is 8.84. The van der Waals surface area contributed by atoms with Crippen molar-refractivity contribution in [3.8, 4) is 0 Å². The van der Waals surface area contributed by atoms with Crippen LogP contribution in [0.3, 0.4) is 0 Å². The molecule has 0 spiro atoms. The highest BCUT2D eigenvalue weighted by atomic mass is 32.2. The van der Waals surface area contributed by atoms with Crippen molar-refractivity contribution in [3.05, 3.63) is 0 Å². The van der Waals surface area contributed by atoms with Crippen LogP contribution >= 0.6 is 11.8 Å². The second-order valence-electron chi connectivity index (χ2n) is 7.08. The summed E-state index contributed by atoms with van der Waals surface area (Å²) in [6, 6.07) is 2.59. The molecule has 4 unspecified atom stereocenters. The van der Waals surface area contributed by atoms with Gasteiger partial charge in [-0.1, -0.05) is 19.8 Å². The van der Waals surface area contributed by atoms with Crippen molar-refractivity contribution >= 4 is 11.8 Å². The second-order valence-corrected chi connectivity index (χ2v) is 8.22. The third-order valence-corrected chi connectivity index (χ3v) is 7.05. The second kappa shape index (κ2) is 7.02. The van der Waals surface area contributed by atoms with E-state index in [0.29, 0.717) is 0 Å². The lowest BCUT2D eigenvalue weighted by Gasteiger charge is -2.52. The van der Waals surface area contributed by atoms with Gasteiger partial charge in [0.05, 0.1) is 0 Å². The monoisotopic (exact) mass is 296 g/mol. The van der Waals surface area contributed by atoms with Crippen LogP contribution in [-0.4, -0.2) is 59.1 Å². The Morgan fingerprint density at radius 1 is 1.00 bits per heavy atom. The van der Waals surface area contributed by atoms with E-state index < -0.39 is 0 Å². The molecule has 2 saturated heterocycles. The Morgan fingerprint density at radius 2 is 1.85 bits per heavy atom. The van der Waals surface area contributed by atoms with Gasteiger partial charge in [0.1, 0.15) is 0 Å². The number of rotatable bonds is 3. The van der Waals surface area contributed by atoms with Crippen molar-refractivity contribution in [2.24, 2.45) is 0 Å². The molecule has 2 nitrogen and oxygen atoms in total. The van der Waals surface area contributed by atoms with E-state index in [1.165, 1.54) is 71.0 Å². The highest BCUT2D eigenvalue weighted by molar-refractivity contribution is 7.99. The van der Waals surface area contributed by atoms with Crippen molar-refractivity contribution in [2.75, 3.05) is 25.9 Å². The van der Waals surface area contributed by atoms with Crippen LogP contribution in [0.15, 0.2) is 0 Å². The lowest BCUT2D eigenvalue weighted by atomic mass is 9.88. The van der Waals surface area contributed by atoms with Gasteiger partial charge in [-0.3, -0.25) is 9.80 Å². The van der Waals surface area contributed by atoms with Gasteiger partial charge in [-0.25, -0.2) is 0 Å². The first kappa shape index (κ1) is 15.2. The van der Waals surface area contributed by atoms with Crippen LogP contribution in [0, 0.1) is 0 Å². The molecule has 3 aliphatic rings. The van der Waals surface area contributed by atoms with Crippen molar-refractivity contribution in [1.82, 2.24) is 9.80 Å². The molecule has 0 bridgehead atoms. The van der Waals surface area contributed by atoms with E-state index in [-0.39, 0.29) is 0 Å². The number of nitrogens with zero attached hydrogens (tertiary/aromatic N) is 2. The number of thioether (sulfide) groups is 1. The van der Waals surface area contributed by atoms with Gasteiger partial charge in [0.2, 0.25) is 0 Å². The van der Waals surface area contributed by atoms with E-state index in [9.17, 15) is 0 Å². The Bertz CT molecular complexity index is 309. The van der Waals surface area contributed by atoms with E-state index in [2.05, 4.69) is 34.7 Å². The van der Waals surface area contributed by atoms with Crippen LogP contribution < -0.4 is 0 Å². The molecule has 0 amide bonds. The third kappa shape index (κ3) is 3.20. The number of piperidine rings is 1. The minimum absolute atomic E-state index is 0.829. The average Bonchev–Trinajstić information content (AvgIpc) is 2.53. The Labute approximate surface area is 129 Å². The predicted octanol–water partition coefficient (Wildman–Crippen LogP) is 3.61. The maximum Gasteiger partial charge on any atom is 0.0224 e. The van der Waals surface area contributed by atoms with Crippen LogP contribution in [0.1, 0.15) is 58.3 Å². The highest BCUT2D eigenvalue weighted by Gasteiger charge is 2.38. The molecular formula is C17H32N2S. The smallest absolute Gasteiger partial charge is 0.0224 e. The Kier molecular flexibility index (Phi) is 5.33. The molecule has 0 aromatic heterocycles. The zero-order chi connectivity index (χ0) is 13.9. The largest absolute Gasteiger partial charge is 0.298 e. The van der Waals surface area contributed by atoms with Gasteiger partial charge in [0.15, 0.2) is 0 Å². The molecule has 4 atom stereocenters. The number of piperazine rings is 1. The van der Waals surface area contributed by atoms with Gasteiger partial charge < -0.3 is 0 Å². The molecule has 1 saturated carbocycles. The summed E-state index contributed by atoms with van der Waals surface area (Å²) in [4.78, 5) is 5.75. The normalized spacial score (nSPS) is 40.5. The summed E-state index contributed by atoms with van der Waals surface area (Å²) in [5.74, 6) is 0. The Morgan fingerprint density at radius 3 is 2.65 bits per heavy atom. The molecule has 0 N–H and O–H groups in total. The molecule has 3 fully saturated rings. The minimum Gasteiger partial charge on any atom is -0.298 e. The van der Waals surface area contributed by atoms with Crippen LogP contribution in [0.25, 0.3) is 0 Å². The lowest BCUT2D eigenvalue weighted by Crippen LogP contribution is -2.62. The third-order valence-electron chi connectivity index (χ3n) is 5.96. The molecule has 0 radical (unpaired) electrons. The molecular weight excluding hydrogens is 264 g/mol. The number of fused-ring (bicyclic) bond motifs is 1. The van der Waals surface area contributed by atoms with E-state index in [4.69, 9.17) is 0 Å². The fourth-order valence-electron chi connectivity index (χ4n) is 4.72. The van der Waals surface area contributed by atoms with E-state index in [1.807, 2.05) is 0 Å². The van der Waals surface area contributed by atoms with Crippen molar-refractivity contribution in [3.63, 3.8) is 0 Å². The molecule has 1 aliphatic carbocycles. The molecule has 0 aromatic carbocycles. The molecule has 0 aromatic rings. The molecule has 20 heavy (non-hydrogen) atoms. The van der Waals surface area contributed by atoms with Gasteiger partial charge >= 0.3 is 0 Å². The zero-order valence-corrected chi connectivity index (χ0v) is 14.2. The zero-order valence-electron chi connectivity index (χ0n) is 13.4. The fraction of sp³-hybridized carbons (Fsp3) is 1.00. The first-order chi connectivity index (χ1) is 9.81. The summed E-state index contributed by atoms with van der Waals surface area (Å²) in [5, 5.41) is 0.927. The van der Waals surface area contributed by atoms with Gasteiger partial charge in [0, 0.05) is 36.5 Å². The van der Waals surface area contributed by atoms with Gasteiger partial charge in [0.25, 0.3) is 0 Å². The summed E-state index contributed by atoms with van der Waals surface area (Å²) in [5.41, 5.74) is 0. The van der Waals surface area contributed by atoms with E-state index >= 15 is 0 Å². The van der Waals surface area contributed by atoms with Crippen molar-refractivity contribution in [2.45, 2.75) is 81.7 Å². The summed E-state index contributed by atoms with van der Waals surface area (Å²) in [6.07, 6.45) is 13.8. The van der Waals surface area contributed by atoms with Crippen LogP contribution in [-0.2, 0) is 0 Å². The summed E-state index contributed by atoms with van der Waals surface area (Å²) in [7, 11) is 0. The maximum absolute atomic E-state index is 2.94. The average molecular weight is 297 g/mol. The molecule has 116 valence electrons. The standard InChI is InChI=1S/C17H32N2S/c1-3-14-12-18-10-5-4-7-16(18)13-19(14)15-8-6-9-17(11-15)20-2/h14-17H,3-13H2,1-2H3. The summed E-state index contributed by atoms with van der Waals surface area (Å²) >= 11 is 2.11.